The third-order valence-corrected chi connectivity index (χ3v) is 11.9. The van der Waals surface area contributed by atoms with Crippen LogP contribution in [0, 0.1) is 11.8 Å². The van der Waals surface area contributed by atoms with Gasteiger partial charge in [0.05, 0.1) is 0 Å². The lowest BCUT2D eigenvalue weighted by Gasteiger charge is -2.36. The molecule has 1 unspecified atom stereocenters. The van der Waals surface area contributed by atoms with Gasteiger partial charge in [0.25, 0.3) is 5.91 Å². The summed E-state index contributed by atoms with van der Waals surface area (Å²) in [5, 5.41) is 0. The van der Waals surface area contributed by atoms with Gasteiger partial charge in [-0.3, -0.25) is 24.3 Å². The Hall–Kier alpha value is -6.04. The molecule has 0 spiro atoms. The van der Waals surface area contributed by atoms with Crippen LogP contribution in [0.25, 0.3) is 0 Å². The Balaban J connectivity index is 0.000000260. The number of guanidine groups is 2. The first-order chi connectivity index (χ1) is 31.1. The van der Waals surface area contributed by atoms with Gasteiger partial charge < -0.3 is 36.1 Å². The normalized spacial score (nSPS) is 20.5. The molecule has 0 saturated heterocycles. The van der Waals surface area contributed by atoms with E-state index in [1.807, 2.05) is 24.3 Å². The molecule has 4 aromatic rings. The number of carbonyl (C=O) groups is 3. The van der Waals surface area contributed by atoms with Crippen LogP contribution in [0.2, 0.25) is 0 Å². The number of hydrogen-bond donors (Lipinski definition) is 3. The van der Waals surface area contributed by atoms with E-state index in [0.717, 1.165) is 62.9 Å². The first kappa shape index (κ1) is 52.6. The first-order valence-corrected chi connectivity index (χ1v) is 21.1. The van der Waals surface area contributed by atoms with E-state index < -0.39 is 30.3 Å². The first-order valence-electron chi connectivity index (χ1n) is 21.1. The Morgan fingerprint density at radius 2 is 1.18 bits per heavy atom. The third-order valence-electron chi connectivity index (χ3n) is 11.9. The molecule has 13 nitrogen and oxygen atoms in total. The number of halogens is 5. The molecule has 1 heterocycles. The average molecular weight is 941 g/mol. The van der Waals surface area contributed by atoms with E-state index in [9.17, 15) is 31.9 Å². The predicted molar refractivity (Wildman–Crippen MR) is 246 cm³/mol. The fraction of sp³-hybridized carbons (Fsp3) is 0.396. The Morgan fingerprint density at radius 1 is 0.727 bits per heavy atom. The summed E-state index contributed by atoms with van der Waals surface area (Å²) in [5.74, 6) is 0.721. The van der Waals surface area contributed by atoms with Crippen LogP contribution in [-0.4, -0.2) is 89.0 Å². The third kappa shape index (κ3) is 13.3. The van der Waals surface area contributed by atoms with Crippen LogP contribution < -0.4 is 26.7 Å². The van der Waals surface area contributed by atoms with E-state index in [-0.39, 0.29) is 47.3 Å². The molecule has 2 saturated carbocycles. The maximum absolute atomic E-state index is 13.4. The summed E-state index contributed by atoms with van der Waals surface area (Å²) < 4.78 is 68.5. The number of amides is 1. The molecular formula is C48H57ClF4N6O7. The van der Waals surface area contributed by atoms with Crippen LogP contribution in [0.15, 0.2) is 107 Å². The lowest BCUT2D eigenvalue weighted by molar-refractivity contribution is -0.129. The molecule has 66 heavy (non-hydrogen) atoms. The summed E-state index contributed by atoms with van der Waals surface area (Å²) in [6, 6.07) is 26.2. The van der Waals surface area contributed by atoms with E-state index in [2.05, 4.69) is 25.5 Å². The van der Waals surface area contributed by atoms with Gasteiger partial charge in [-0.25, -0.2) is 4.99 Å². The second-order valence-corrected chi connectivity index (χ2v) is 16.0. The van der Waals surface area contributed by atoms with Gasteiger partial charge in [0.1, 0.15) is 11.5 Å². The number of benzene rings is 4. The number of alkyl halides is 4. The highest BCUT2D eigenvalue weighted by Gasteiger charge is 2.50. The van der Waals surface area contributed by atoms with Crippen molar-refractivity contribution in [1.82, 2.24) is 4.90 Å². The molecule has 1 amide bonds. The molecule has 1 aliphatic heterocycles. The summed E-state index contributed by atoms with van der Waals surface area (Å²) in [4.78, 5) is 47.7. The number of rotatable bonds is 17. The second kappa shape index (κ2) is 24.5. The van der Waals surface area contributed by atoms with E-state index >= 15 is 0 Å². The number of nitrogens with zero attached hydrogens (tertiary/aromatic N) is 3. The zero-order valence-electron chi connectivity index (χ0n) is 37.2. The number of aliphatic imine (C=N–C) groups is 2. The number of carbonyl (C=O) groups excluding carboxylic acids is 3. The largest absolute Gasteiger partial charge is 0.435 e. The Bertz CT molecular complexity index is 2290. The van der Waals surface area contributed by atoms with E-state index in [0.29, 0.717) is 40.4 Å². The number of methoxy groups -OCH3 is 2. The molecular weight excluding hydrogens is 884 g/mol. The zero-order chi connectivity index (χ0) is 47.3. The standard InChI is InChI=1S/C24H27F2N3O3.C22H22F2O4.C2H7N3.ClH/c1-29-21(30)24(28-23(29)27,18-6-8-20(9-7-18)32-22(25)26)19-5-3-4-16(14-19)17-12-15(13-17)10-11-31-2;1-27-10-9-14-11-18(12-14)16-3-2-4-17(13-16)21(26)20(25)15-5-7-19(8-6-15)28-22(23)24;1-5-2(3)4;/h3-9,14-15,17,22H,10-13H2,1-2H3,(H2,27,28);2-8,13-14,18,22H,9-12H2,1H3;1H3,(H4,3,4,5);1H. The SMILES string of the molecule is CN=C(N)N.COCCC1CC(c2cccc(C(=O)C(=O)c3ccc(OC(F)F)cc3)c2)C1.COCCC1CC(c2cccc(C3(c4ccc(OC(F)F)cc4)N=C(N)N(C)C3=O)c2)C1.Cl. The molecule has 6 N–H and O–H groups in total. The highest BCUT2D eigenvalue weighted by molar-refractivity contribution is 6.49. The Morgan fingerprint density at radius 3 is 1.62 bits per heavy atom. The van der Waals surface area contributed by atoms with E-state index in [1.54, 1.807) is 51.6 Å². The number of Topliss-reactive ketones (excluding diaryl/α,β-unsaturated/α-hetero) is 2. The highest BCUT2D eigenvalue weighted by Crippen LogP contribution is 2.46. The average Bonchev–Trinajstić information content (AvgIpc) is 3.50. The van der Waals surface area contributed by atoms with Crippen molar-refractivity contribution < 1.29 is 50.9 Å². The minimum atomic E-state index is -2.94. The molecule has 3 aliphatic rings. The smallest absolute Gasteiger partial charge is 0.387 e. The minimum Gasteiger partial charge on any atom is -0.435 e. The molecule has 7 rings (SSSR count). The van der Waals surface area contributed by atoms with Crippen molar-refractivity contribution in [2.75, 3.05) is 41.5 Å². The molecule has 0 bridgehead atoms. The van der Waals surface area contributed by atoms with Crippen molar-refractivity contribution in [3.05, 3.63) is 130 Å². The molecule has 0 radical (unpaired) electrons. The summed E-state index contributed by atoms with van der Waals surface area (Å²) in [5.41, 5.74) is 18.3. The van der Waals surface area contributed by atoms with Gasteiger partial charge in [-0.15, -0.1) is 12.4 Å². The molecule has 18 heteroatoms. The second-order valence-electron chi connectivity index (χ2n) is 16.0. The van der Waals surface area contributed by atoms with Crippen molar-refractivity contribution in [2.24, 2.45) is 39.0 Å². The highest BCUT2D eigenvalue weighted by atomic mass is 35.5. The number of nitrogens with two attached hydrogens (primary N) is 3. The van der Waals surface area contributed by atoms with Crippen LogP contribution in [0.3, 0.4) is 0 Å². The number of likely N-dealkylation sites (N-methyl/N-ethyl adjacent to an activating group) is 1. The molecule has 356 valence electrons. The van der Waals surface area contributed by atoms with Crippen LogP contribution in [0.1, 0.15) is 93.3 Å². The van der Waals surface area contributed by atoms with Crippen molar-refractivity contribution in [2.45, 2.75) is 69.1 Å². The molecule has 1 atom stereocenters. The van der Waals surface area contributed by atoms with Crippen LogP contribution in [0.5, 0.6) is 11.5 Å². The summed E-state index contributed by atoms with van der Waals surface area (Å²) in [7, 11) is 6.53. The summed E-state index contributed by atoms with van der Waals surface area (Å²) in [6.45, 7) is -4.34. The molecule has 0 aromatic heterocycles. The fourth-order valence-electron chi connectivity index (χ4n) is 8.12. The van der Waals surface area contributed by atoms with Gasteiger partial charge in [0.15, 0.2) is 17.5 Å². The van der Waals surface area contributed by atoms with Crippen LogP contribution in [-0.2, 0) is 19.8 Å². The topological polar surface area (TPSA) is 194 Å². The molecule has 2 fully saturated rings. The van der Waals surface area contributed by atoms with Crippen molar-refractivity contribution in [1.29, 1.82) is 0 Å². The van der Waals surface area contributed by atoms with Crippen molar-refractivity contribution in [3.63, 3.8) is 0 Å². The minimum absolute atomic E-state index is 0. The van der Waals surface area contributed by atoms with Gasteiger partial charge in [-0.2, -0.15) is 17.6 Å². The summed E-state index contributed by atoms with van der Waals surface area (Å²) in [6.07, 6.45) is 6.36. The van der Waals surface area contributed by atoms with Gasteiger partial charge in [0, 0.05) is 52.7 Å². The monoisotopic (exact) mass is 940 g/mol. The molecule has 2 aliphatic carbocycles. The maximum Gasteiger partial charge on any atom is 0.387 e. The van der Waals surface area contributed by atoms with Crippen molar-refractivity contribution in [3.8, 4) is 11.5 Å². The van der Waals surface area contributed by atoms with Crippen LogP contribution in [0.4, 0.5) is 17.6 Å². The van der Waals surface area contributed by atoms with Crippen molar-refractivity contribution >= 4 is 41.8 Å². The molecule has 4 aromatic carbocycles. The summed E-state index contributed by atoms with van der Waals surface area (Å²) >= 11 is 0. The number of hydrogen-bond acceptors (Lipinski definition) is 10. The predicted octanol–water partition coefficient (Wildman–Crippen LogP) is 8.04. The lowest BCUT2D eigenvalue weighted by Crippen LogP contribution is -2.41. The van der Waals surface area contributed by atoms with E-state index in [4.69, 9.17) is 26.7 Å². The van der Waals surface area contributed by atoms with Gasteiger partial charge in [0.2, 0.25) is 11.6 Å². The Kier molecular flexibility index (Phi) is 19.5. The number of ketones is 2. The van der Waals surface area contributed by atoms with Gasteiger partial charge in [-0.1, -0.05) is 54.6 Å². The number of ether oxygens (including phenoxy) is 4. The lowest BCUT2D eigenvalue weighted by atomic mass is 9.69. The maximum atomic E-state index is 13.4. The fourth-order valence-corrected chi connectivity index (χ4v) is 8.12. The van der Waals surface area contributed by atoms with Gasteiger partial charge >= 0.3 is 13.2 Å². The van der Waals surface area contributed by atoms with E-state index in [1.165, 1.54) is 48.3 Å². The zero-order valence-corrected chi connectivity index (χ0v) is 38.0. The quantitative estimate of drug-likeness (QED) is 0.0307. The Labute approximate surface area is 388 Å². The van der Waals surface area contributed by atoms with Gasteiger partial charge in [-0.05, 0) is 127 Å². The van der Waals surface area contributed by atoms with Crippen LogP contribution >= 0.6 is 12.4 Å².